The van der Waals surface area contributed by atoms with Crippen molar-refractivity contribution in [2.75, 3.05) is 0 Å². The monoisotopic (exact) mass is 143 g/mol. The van der Waals surface area contributed by atoms with Gasteiger partial charge in [0.1, 0.15) is 6.29 Å². The van der Waals surface area contributed by atoms with Crippen LogP contribution in [0.4, 0.5) is 0 Å². The molecule has 0 aliphatic carbocycles. The Morgan fingerprint density at radius 2 is 2.20 bits per heavy atom. The molecule has 10 heavy (non-hydrogen) atoms. The molecule has 0 aliphatic heterocycles. The van der Waals surface area contributed by atoms with E-state index in [4.69, 9.17) is 5.84 Å². The van der Waals surface area contributed by atoms with Crippen molar-refractivity contribution < 1.29 is 9.59 Å². The number of carbonyl (C=O) groups is 2. The molecule has 57 valence electrons. The van der Waals surface area contributed by atoms with Crippen molar-refractivity contribution in [3.8, 4) is 0 Å². The number of aldehydes is 1. The van der Waals surface area contributed by atoms with Gasteiger partial charge in [-0.2, -0.15) is 5.43 Å². The van der Waals surface area contributed by atoms with Crippen molar-refractivity contribution in [2.45, 2.75) is 25.7 Å². The van der Waals surface area contributed by atoms with Crippen LogP contribution >= 0.6 is 0 Å². The Bertz CT molecular complexity index is 114. The lowest BCUT2D eigenvalue weighted by Gasteiger charge is -1.93. The highest BCUT2D eigenvalue weighted by molar-refractivity contribution is 5.74. The van der Waals surface area contributed by atoms with Crippen molar-refractivity contribution in [3.05, 3.63) is 0 Å². The number of rotatable bonds is 5. The van der Waals surface area contributed by atoms with E-state index in [9.17, 15) is 9.59 Å². The molecule has 0 saturated heterocycles. The molecular formula is C6H11N2O2. The zero-order chi connectivity index (χ0) is 7.82. The van der Waals surface area contributed by atoms with Crippen LogP contribution in [0, 0.1) is 0 Å². The number of hydrogen-bond donors (Lipinski definition) is 1. The van der Waals surface area contributed by atoms with E-state index in [2.05, 4.69) is 5.43 Å². The van der Waals surface area contributed by atoms with E-state index in [-0.39, 0.29) is 5.91 Å². The Labute approximate surface area is 59.7 Å². The molecule has 0 unspecified atom stereocenters. The van der Waals surface area contributed by atoms with Crippen molar-refractivity contribution in [3.63, 3.8) is 0 Å². The molecule has 0 spiro atoms. The molecule has 0 rings (SSSR count). The fourth-order valence-corrected chi connectivity index (χ4v) is 0.568. The zero-order valence-electron chi connectivity index (χ0n) is 5.75. The number of nitrogens with two attached hydrogens (primary N) is 1. The molecule has 1 radical (unpaired) electrons. The van der Waals surface area contributed by atoms with Gasteiger partial charge in [-0.1, -0.05) is 0 Å². The topological polar surface area (TPSA) is 74.3 Å². The van der Waals surface area contributed by atoms with Gasteiger partial charge in [0.15, 0.2) is 0 Å². The average molecular weight is 143 g/mol. The van der Waals surface area contributed by atoms with Crippen molar-refractivity contribution in [1.29, 1.82) is 0 Å². The van der Waals surface area contributed by atoms with Gasteiger partial charge in [-0.15, -0.1) is 0 Å². The van der Waals surface area contributed by atoms with Crippen LogP contribution in [0.2, 0.25) is 0 Å². The summed E-state index contributed by atoms with van der Waals surface area (Å²) in [5.41, 5.74) is 2.96. The molecule has 0 aromatic heterocycles. The second kappa shape index (κ2) is 6.22. The maximum atomic E-state index is 10.4. The molecule has 0 aromatic carbocycles. The Morgan fingerprint density at radius 3 is 2.70 bits per heavy atom. The minimum atomic E-state index is -0.300. The lowest BCUT2D eigenvalue weighted by Crippen LogP contribution is -2.21. The molecule has 0 aromatic rings. The normalized spacial score (nSPS) is 8.90. The lowest BCUT2D eigenvalue weighted by atomic mass is 10.2. The standard InChI is InChI=1S/C6H11N2O2/c7-8-6(10)4-2-1-3-5-9/h5H,1-4,7H2. The summed E-state index contributed by atoms with van der Waals surface area (Å²) in [5.74, 6) is 4.39. The quantitative estimate of drug-likeness (QED) is 0.189. The smallest absolute Gasteiger partial charge is 0.257 e. The summed E-state index contributed by atoms with van der Waals surface area (Å²) in [4.78, 5) is 20.2. The van der Waals surface area contributed by atoms with E-state index in [1.165, 1.54) is 0 Å². The van der Waals surface area contributed by atoms with Gasteiger partial charge in [0.25, 0.3) is 5.91 Å². The average Bonchev–Trinajstić information content (AvgIpc) is 1.98. The van der Waals surface area contributed by atoms with Crippen LogP contribution in [-0.4, -0.2) is 12.2 Å². The predicted octanol–water partition coefficient (Wildman–Crippen LogP) is -0.250. The molecule has 0 aliphatic rings. The van der Waals surface area contributed by atoms with Crippen molar-refractivity contribution in [2.24, 2.45) is 5.84 Å². The zero-order valence-corrected chi connectivity index (χ0v) is 5.75. The maximum absolute atomic E-state index is 10.4. The molecular weight excluding hydrogens is 132 g/mol. The first-order chi connectivity index (χ1) is 4.81. The van der Waals surface area contributed by atoms with E-state index in [1.807, 2.05) is 0 Å². The van der Waals surface area contributed by atoms with Crippen LogP contribution in [0.1, 0.15) is 25.7 Å². The molecule has 0 saturated carbocycles. The van der Waals surface area contributed by atoms with Crippen LogP contribution in [-0.2, 0) is 9.59 Å². The van der Waals surface area contributed by atoms with Crippen LogP contribution in [0.25, 0.3) is 0 Å². The highest BCUT2D eigenvalue weighted by atomic mass is 16.2. The van der Waals surface area contributed by atoms with Crippen LogP contribution in [0.3, 0.4) is 0 Å². The molecule has 4 nitrogen and oxygen atoms in total. The first kappa shape index (κ1) is 9.10. The van der Waals surface area contributed by atoms with Crippen LogP contribution in [0.15, 0.2) is 0 Å². The summed E-state index contributed by atoms with van der Waals surface area (Å²) in [6.45, 7) is 0. The minimum absolute atomic E-state index is 0.300. The molecule has 1 amide bonds. The van der Waals surface area contributed by atoms with E-state index < -0.39 is 0 Å². The van der Waals surface area contributed by atoms with E-state index in [1.54, 1.807) is 0 Å². The van der Waals surface area contributed by atoms with Gasteiger partial charge in [0.05, 0.1) is 0 Å². The molecule has 4 heteroatoms. The van der Waals surface area contributed by atoms with E-state index >= 15 is 0 Å². The third-order valence-electron chi connectivity index (χ3n) is 1.11. The summed E-state index contributed by atoms with van der Waals surface area (Å²) in [6, 6.07) is 0. The Balaban J connectivity index is 3.03. The summed E-state index contributed by atoms with van der Waals surface area (Å²) >= 11 is 0. The van der Waals surface area contributed by atoms with Gasteiger partial charge < -0.3 is 4.79 Å². The molecule has 0 bridgehead atoms. The Hall–Kier alpha value is -0.900. The number of nitrogens with zero attached hydrogens (tertiary/aromatic N) is 1. The third kappa shape index (κ3) is 5.24. The third-order valence-corrected chi connectivity index (χ3v) is 1.11. The number of hydrogen-bond acceptors (Lipinski definition) is 3. The molecule has 0 fully saturated rings. The fraction of sp³-hybridized carbons (Fsp3) is 0.667. The van der Waals surface area contributed by atoms with Gasteiger partial charge in [-0.05, 0) is 12.8 Å². The van der Waals surface area contributed by atoms with E-state index in [0.717, 1.165) is 12.7 Å². The Kier molecular flexibility index (Phi) is 5.66. The SMILES string of the molecule is N[N]C(=O)CCCCC=O. The first-order valence-corrected chi connectivity index (χ1v) is 3.18. The predicted molar refractivity (Wildman–Crippen MR) is 35.9 cm³/mol. The van der Waals surface area contributed by atoms with Gasteiger partial charge in [0.2, 0.25) is 0 Å². The van der Waals surface area contributed by atoms with Gasteiger partial charge in [0, 0.05) is 12.8 Å². The van der Waals surface area contributed by atoms with Crippen LogP contribution < -0.4 is 11.3 Å². The number of carbonyl (C=O) groups excluding carboxylic acids is 2. The fourth-order valence-electron chi connectivity index (χ4n) is 0.568. The van der Waals surface area contributed by atoms with E-state index in [0.29, 0.717) is 19.3 Å². The molecule has 2 N–H and O–H groups in total. The minimum Gasteiger partial charge on any atom is -0.303 e. The summed E-state index contributed by atoms with van der Waals surface area (Å²) in [5, 5.41) is 0. The summed E-state index contributed by atoms with van der Waals surface area (Å²) < 4.78 is 0. The van der Waals surface area contributed by atoms with Gasteiger partial charge in [-0.25, -0.2) is 5.84 Å². The highest BCUT2D eigenvalue weighted by Gasteiger charge is 1.97. The second-order valence-electron chi connectivity index (χ2n) is 1.94. The molecule has 0 atom stereocenters. The number of unbranched alkanes of at least 4 members (excludes halogenated alkanes) is 2. The van der Waals surface area contributed by atoms with Crippen LogP contribution in [0.5, 0.6) is 0 Å². The number of amides is 1. The van der Waals surface area contributed by atoms with Gasteiger partial charge in [-0.3, -0.25) is 4.79 Å². The summed E-state index contributed by atoms with van der Waals surface area (Å²) in [7, 11) is 0. The lowest BCUT2D eigenvalue weighted by molar-refractivity contribution is -0.121. The van der Waals surface area contributed by atoms with Gasteiger partial charge >= 0.3 is 0 Å². The first-order valence-electron chi connectivity index (χ1n) is 3.18. The largest absolute Gasteiger partial charge is 0.303 e. The van der Waals surface area contributed by atoms with Crippen molar-refractivity contribution in [1.82, 2.24) is 5.43 Å². The highest BCUT2D eigenvalue weighted by Crippen LogP contribution is 1.96. The Morgan fingerprint density at radius 1 is 1.50 bits per heavy atom. The molecule has 0 heterocycles. The second-order valence-corrected chi connectivity index (χ2v) is 1.94. The van der Waals surface area contributed by atoms with Crippen molar-refractivity contribution >= 4 is 12.2 Å². The maximum Gasteiger partial charge on any atom is 0.257 e. The summed E-state index contributed by atoms with van der Waals surface area (Å²) in [6.07, 6.45) is 3.13.